The van der Waals surface area contributed by atoms with Crippen molar-refractivity contribution in [3.8, 4) is 0 Å². The minimum atomic E-state index is -3.44. The lowest BCUT2D eigenvalue weighted by molar-refractivity contribution is 0.0695. The predicted octanol–water partition coefficient (Wildman–Crippen LogP) is 0.811. The molecule has 2 aromatic rings. The topological polar surface area (TPSA) is 86.7 Å². The number of carbonyl (C=O) groups is 1. The molecule has 0 atom stereocenters. The third-order valence-electron chi connectivity index (χ3n) is 4.64. The Morgan fingerprint density at radius 3 is 2.15 bits per heavy atom. The van der Waals surface area contributed by atoms with E-state index in [0.717, 1.165) is 16.9 Å². The average Bonchev–Trinajstić information content (AvgIpc) is 2.61. The smallest absolute Gasteiger partial charge is 0.281 e. The van der Waals surface area contributed by atoms with E-state index in [4.69, 9.17) is 0 Å². The second-order valence-corrected chi connectivity index (χ2v) is 8.72. The molecule has 9 heteroatoms. The molecule has 0 bridgehead atoms. The lowest BCUT2D eigenvalue weighted by atomic mass is 10.1. The minimum Gasteiger partial charge on any atom is -0.336 e. The van der Waals surface area contributed by atoms with Gasteiger partial charge in [-0.05, 0) is 32.0 Å². The zero-order valence-corrected chi connectivity index (χ0v) is 16.2. The normalized spacial score (nSPS) is 16.4. The van der Waals surface area contributed by atoms with E-state index in [1.54, 1.807) is 23.1 Å². The zero-order chi connectivity index (χ0) is 19.1. The van der Waals surface area contributed by atoms with Crippen molar-refractivity contribution in [3.63, 3.8) is 0 Å². The van der Waals surface area contributed by atoms with Crippen molar-refractivity contribution in [3.05, 3.63) is 35.2 Å². The lowest BCUT2D eigenvalue weighted by Gasteiger charge is -2.35. The van der Waals surface area contributed by atoms with E-state index >= 15 is 0 Å². The van der Waals surface area contributed by atoms with Gasteiger partial charge >= 0.3 is 0 Å². The van der Waals surface area contributed by atoms with Crippen LogP contribution in [0.3, 0.4) is 0 Å². The summed E-state index contributed by atoms with van der Waals surface area (Å²) < 4.78 is 26.9. The SMILES string of the molecule is Cc1nc2ccc(C(=O)N3CCN(S(=O)(=O)N(C)C)CC3)cc2nc1C. The molecule has 2 heterocycles. The molecule has 1 fully saturated rings. The van der Waals surface area contributed by atoms with Crippen molar-refractivity contribution in [2.45, 2.75) is 13.8 Å². The number of aryl methyl sites for hydroxylation is 2. The van der Waals surface area contributed by atoms with Gasteiger partial charge in [0.2, 0.25) is 0 Å². The largest absolute Gasteiger partial charge is 0.336 e. The molecule has 1 amide bonds. The van der Waals surface area contributed by atoms with Crippen molar-refractivity contribution in [2.24, 2.45) is 0 Å². The first kappa shape index (κ1) is 18.7. The summed E-state index contributed by atoms with van der Waals surface area (Å²) in [7, 11) is -0.428. The van der Waals surface area contributed by atoms with Crippen LogP contribution in [0.2, 0.25) is 0 Å². The molecular weight excluding hydrogens is 354 g/mol. The molecule has 0 radical (unpaired) electrons. The number of hydrogen-bond acceptors (Lipinski definition) is 5. The molecule has 1 saturated heterocycles. The van der Waals surface area contributed by atoms with E-state index in [9.17, 15) is 13.2 Å². The van der Waals surface area contributed by atoms with Gasteiger partial charge in [0.05, 0.1) is 22.4 Å². The zero-order valence-electron chi connectivity index (χ0n) is 15.4. The summed E-state index contributed by atoms with van der Waals surface area (Å²) in [6, 6.07) is 5.30. The Hall–Kier alpha value is -2.10. The summed E-state index contributed by atoms with van der Waals surface area (Å²) in [5, 5.41) is 0. The molecular formula is C17H23N5O3S. The van der Waals surface area contributed by atoms with Crippen LogP contribution in [0.15, 0.2) is 18.2 Å². The van der Waals surface area contributed by atoms with Crippen LogP contribution < -0.4 is 0 Å². The number of carbonyl (C=O) groups excluding carboxylic acids is 1. The highest BCUT2D eigenvalue weighted by Gasteiger charge is 2.30. The molecule has 0 unspecified atom stereocenters. The molecule has 0 N–H and O–H groups in total. The van der Waals surface area contributed by atoms with E-state index in [1.165, 1.54) is 22.7 Å². The van der Waals surface area contributed by atoms with Crippen LogP contribution in [0, 0.1) is 13.8 Å². The summed E-state index contributed by atoms with van der Waals surface area (Å²) in [6.45, 7) is 5.10. The summed E-state index contributed by atoms with van der Waals surface area (Å²) in [6.07, 6.45) is 0. The van der Waals surface area contributed by atoms with Gasteiger partial charge in [-0.15, -0.1) is 0 Å². The van der Waals surface area contributed by atoms with Gasteiger partial charge in [-0.2, -0.15) is 17.0 Å². The van der Waals surface area contributed by atoms with E-state index < -0.39 is 10.2 Å². The number of nitrogens with zero attached hydrogens (tertiary/aromatic N) is 5. The van der Waals surface area contributed by atoms with Gasteiger partial charge in [-0.25, -0.2) is 9.97 Å². The highest BCUT2D eigenvalue weighted by atomic mass is 32.2. The van der Waals surface area contributed by atoms with E-state index in [0.29, 0.717) is 24.2 Å². The molecule has 1 aliphatic heterocycles. The molecule has 1 aromatic heterocycles. The lowest BCUT2D eigenvalue weighted by Crippen LogP contribution is -2.53. The predicted molar refractivity (Wildman–Crippen MR) is 99.1 cm³/mol. The first-order chi connectivity index (χ1) is 12.2. The van der Waals surface area contributed by atoms with Crippen LogP contribution in [0.1, 0.15) is 21.7 Å². The van der Waals surface area contributed by atoms with Gasteiger partial charge in [0, 0.05) is 45.8 Å². The van der Waals surface area contributed by atoms with Crippen LogP contribution in [-0.4, -0.2) is 78.1 Å². The first-order valence-electron chi connectivity index (χ1n) is 8.42. The number of amides is 1. The number of aromatic nitrogens is 2. The number of rotatable bonds is 3. The van der Waals surface area contributed by atoms with Crippen LogP contribution >= 0.6 is 0 Å². The van der Waals surface area contributed by atoms with E-state index in [1.807, 2.05) is 13.8 Å². The van der Waals surface area contributed by atoms with Crippen LogP contribution in [-0.2, 0) is 10.2 Å². The summed E-state index contributed by atoms with van der Waals surface area (Å²) >= 11 is 0. The number of piperazine rings is 1. The first-order valence-corrected chi connectivity index (χ1v) is 9.81. The Labute approximate surface area is 153 Å². The Kier molecular flexibility index (Phi) is 4.96. The van der Waals surface area contributed by atoms with Crippen molar-refractivity contribution in [1.82, 2.24) is 23.5 Å². The van der Waals surface area contributed by atoms with Crippen LogP contribution in [0.4, 0.5) is 0 Å². The second-order valence-electron chi connectivity index (χ2n) is 6.58. The number of fused-ring (bicyclic) bond motifs is 1. The molecule has 0 spiro atoms. The number of benzene rings is 1. The Bertz CT molecular complexity index is 950. The monoisotopic (exact) mass is 377 g/mol. The minimum absolute atomic E-state index is 0.117. The van der Waals surface area contributed by atoms with Crippen LogP contribution in [0.25, 0.3) is 11.0 Å². The Morgan fingerprint density at radius 1 is 1.00 bits per heavy atom. The van der Waals surface area contributed by atoms with Crippen molar-refractivity contribution < 1.29 is 13.2 Å². The maximum absolute atomic E-state index is 12.8. The fraction of sp³-hybridized carbons (Fsp3) is 0.471. The molecule has 1 aliphatic rings. The highest BCUT2D eigenvalue weighted by molar-refractivity contribution is 7.86. The Morgan fingerprint density at radius 2 is 1.58 bits per heavy atom. The van der Waals surface area contributed by atoms with Crippen molar-refractivity contribution >= 4 is 27.1 Å². The molecule has 0 aliphatic carbocycles. The summed E-state index contributed by atoms with van der Waals surface area (Å²) in [4.78, 5) is 23.4. The van der Waals surface area contributed by atoms with Crippen molar-refractivity contribution in [1.29, 1.82) is 0 Å². The molecule has 8 nitrogen and oxygen atoms in total. The quantitative estimate of drug-likeness (QED) is 0.790. The maximum atomic E-state index is 12.8. The molecule has 0 saturated carbocycles. The van der Waals surface area contributed by atoms with Gasteiger partial charge in [0.25, 0.3) is 16.1 Å². The van der Waals surface area contributed by atoms with Crippen molar-refractivity contribution in [2.75, 3.05) is 40.3 Å². The molecule has 140 valence electrons. The van der Waals surface area contributed by atoms with Crippen LogP contribution in [0.5, 0.6) is 0 Å². The maximum Gasteiger partial charge on any atom is 0.281 e. The van der Waals surface area contributed by atoms with Gasteiger partial charge in [-0.3, -0.25) is 4.79 Å². The highest BCUT2D eigenvalue weighted by Crippen LogP contribution is 2.17. The third kappa shape index (κ3) is 3.42. The fourth-order valence-electron chi connectivity index (χ4n) is 2.90. The summed E-state index contributed by atoms with van der Waals surface area (Å²) in [5.41, 5.74) is 3.69. The van der Waals surface area contributed by atoms with Gasteiger partial charge in [0.1, 0.15) is 0 Å². The molecule has 3 rings (SSSR count). The Balaban J connectivity index is 1.76. The second kappa shape index (κ2) is 6.90. The summed E-state index contributed by atoms with van der Waals surface area (Å²) in [5.74, 6) is -0.117. The van der Waals surface area contributed by atoms with E-state index in [2.05, 4.69) is 9.97 Å². The van der Waals surface area contributed by atoms with Gasteiger partial charge in [-0.1, -0.05) is 0 Å². The molecule has 1 aromatic carbocycles. The average molecular weight is 377 g/mol. The van der Waals surface area contributed by atoms with E-state index in [-0.39, 0.29) is 19.0 Å². The number of hydrogen-bond donors (Lipinski definition) is 0. The molecule has 26 heavy (non-hydrogen) atoms. The fourth-order valence-corrected chi connectivity index (χ4v) is 3.99. The van der Waals surface area contributed by atoms with Gasteiger partial charge < -0.3 is 4.90 Å². The van der Waals surface area contributed by atoms with Gasteiger partial charge in [0.15, 0.2) is 0 Å². The standard InChI is InChI=1S/C17H23N5O3S/c1-12-13(2)19-16-11-14(5-6-15(16)18-12)17(23)21-7-9-22(10-8-21)26(24,25)20(3)4/h5-6,11H,7-10H2,1-4H3. The third-order valence-corrected chi connectivity index (χ3v) is 6.58.